The fourth-order valence-electron chi connectivity index (χ4n) is 3.43. The Morgan fingerprint density at radius 3 is 2.55 bits per heavy atom. The molecule has 0 saturated carbocycles. The van der Waals surface area contributed by atoms with Gasteiger partial charge in [0.05, 0.1) is 39.0 Å². The fourth-order valence-corrected chi connectivity index (χ4v) is 3.43. The molecule has 1 amide bonds. The lowest BCUT2D eigenvalue weighted by Crippen LogP contribution is -2.38. The second kappa shape index (κ2) is 12.3. The molecule has 0 atom stereocenters. The summed E-state index contributed by atoms with van der Waals surface area (Å²) in [6, 6.07) is 21.5. The van der Waals surface area contributed by atoms with Crippen LogP contribution in [0.15, 0.2) is 71.3 Å². The van der Waals surface area contributed by atoms with Crippen LogP contribution >= 0.6 is 0 Å². The van der Waals surface area contributed by atoms with Crippen LogP contribution in [0, 0.1) is 11.3 Å². The molecule has 1 aromatic heterocycles. The summed E-state index contributed by atoms with van der Waals surface area (Å²) in [5.74, 6) is 1.96. The van der Waals surface area contributed by atoms with Crippen molar-refractivity contribution in [2.45, 2.75) is 26.1 Å². The van der Waals surface area contributed by atoms with Gasteiger partial charge in [-0.3, -0.25) is 9.69 Å². The number of nitriles is 1. The summed E-state index contributed by atoms with van der Waals surface area (Å²) >= 11 is 0. The van der Waals surface area contributed by atoms with E-state index in [1.165, 1.54) is 0 Å². The van der Waals surface area contributed by atoms with Gasteiger partial charge in [-0.25, -0.2) is 0 Å². The summed E-state index contributed by atoms with van der Waals surface area (Å²) in [4.78, 5) is 16.4. The van der Waals surface area contributed by atoms with E-state index in [0.717, 1.165) is 11.1 Å². The summed E-state index contributed by atoms with van der Waals surface area (Å²) in [7, 11) is 3.50. The largest absolute Gasteiger partial charge is 0.493 e. The molecular formula is C26H29N3O4. The van der Waals surface area contributed by atoms with E-state index in [-0.39, 0.29) is 18.9 Å². The SMILES string of the molecule is COc1cc(CN(C)CC(=O)N(CCC#N)Cc2ccco2)ccc1OCc1ccccc1. The molecule has 7 nitrogen and oxygen atoms in total. The van der Waals surface area contributed by atoms with Gasteiger partial charge in [0.2, 0.25) is 5.91 Å². The minimum Gasteiger partial charge on any atom is -0.493 e. The molecule has 0 aliphatic carbocycles. The van der Waals surface area contributed by atoms with E-state index in [2.05, 4.69) is 6.07 Å². The number of rotatable bonds is 12. The third-order valence-corrected chi connectivity index (χ3v) is 5.10. The first kappa shape index (κ1) is 23.9. The molecular weight excluding hydrogens is 418 g/mol. The van der Waals surface area contributed by atoms with Crippen LogP contribution < -0.4 is 9.47 Å². The lowest BCUT2D eigenvalue weighted by molar-refractivity contribution is -0.133. The maximum absolute atomic E-state index is 12.9. The van der Waals surface area contributed by atoms with Crippen LogP contribution in [0.2, 0.25) is 0 Å². The Labute approximate surface area is 194 Å². The van der Waals surface area contributed by atoms with Crippen molar-refractivity contribution in [1.82, 2.24) is 9.80 Å². The highest BCUT2D eigenvalue weighted by Gasteiger charge is 2.17. The molecule has 0 fully saturated rings. The molecule has 172 valence electrons. The van der Waals surface area contributed by atoms with Crippen molar-refractivity contribution in [2.75, 3.05) is 27.2 Å². The smallest absolute Gasteiger partial charge is 0.237 e. The zero-order valence-corrected chi connectivity index (χ0v) is 19.1. The maximum atomic E-state index is 12.9. The normalized spacial score (nSPS) is 10.6. The molecule has 0 N–H and O–H groups in total. The first-order valence-corrected chi connectivity index (χ1v) is 10.8. The van der Waals surface area contributed by atoms with Gasteiger partial charge in [-0.2, -0.15) is 5.26 Å². The standard InChI is InChI=1S/C26H29N3O4/c1-28(19-26(30)29(14-7-13-27)18-23-10-6-15-32-23)17-22-11-12-24(25(16-22)31-2)33-20-21-8-4-3-5-9-21/h3-6,8-12,15-16H,7,14,17-20H2,1-2H3. The van der Waals surface area contributed by atoms with Gasteiger partial charge in [0.15, 0.2) is 11.5 Å². The molecule has 0 saturated heterocycles. The van der Waals surface area contributed by atoms with E-state index in [0.29, 0.717) is 43.5 Å². The van der Waals surface area contributed by atoms with Crippen molar-refractivity contribution in [3.8, 4) is 17.6 Å². The highest BCUT2D eigenvalue weighted by molar-refractivity contribution is 5.78. The molecule has 0 unspecified atom stereocenters. The second-order valence-corrected chi connectivity index (χ2v) is 7.73. The van der Waals surface area contributed by atoms with Crippen molar-refractivity contribution in [2.24, 2.45) is 0 Å². The Hall–Kier alpha value is -3.76. The number of furan rings is 1. The first-order chi connectivity index (χ1) is 16.1. The molecule has 0 bridgehead atoms. The molecule has 2 aromatic carbocycles. The van der Waals surface area contributed by atoms with Gasteiger partial charge < -0.3 is 18.8 Å². The zero-order valence-electron chi connectivity index (χ0n) is 19.1. The van der Waals surface area contributed by atoms with Gasteiger partial charge in [0, 0.05) is 13.1 Å². The van der Waals surface area contributed by atoms with Crippen LogP contribution in [0.25, 0.3) is 0 Å². The predicted octanol–water partition coefficient (Wildman–Crippen LogP) is 4.24. The molecule has 1 heterocycles. The summed E-state index contributed by atoms with van der Waals surface area (Å²) in [5.41, 5.74) is 2.08. The highest BCUT2D eigenvalue weighted by Crippen LogP contribution is 2.29. The average molecular weight is 448 g/mol. The minimum atomic E-state index is -0.0565. The van der Waals surface area contributed by atoms with E-state index in [1.54, 1.807) is 24.3 Å². The number of nitrogens with zero attached hydrogens (tertiary/aromatic N) is 3. The van der Waals surface area contributed by atoms with Gasteiger partial charge in [-0.15, -0.1) is 0 Å². The molecule has 7 heteroatoms. The van der Waals surface area contributed by atoms with Gasteiger partial charge in [-0.1, -0.05) is 36.4 Å². The number of benzene rings is 2. The number of amides is 1. The van der Waals surface area contributed by atoms with Gasteiger partial charge in [0.25, 0.3) is 0 Å². The Morgan fingerprint density at radius 1 is 1.03 bits per heavy atom. The lowest BCUT2D eigenvalue weighted by Gasteiger charge is -2.24. The van der Waals surface area contributed by atoms with Gasteiger partial charge in [0.1, 0.15) is 12.4 Å². The number of hydrogen-bond donors (Lipinski definition) is 0. The topological polar surface area (TPSA) is 78.9 Å². The summed E-state index contributed by atoms with van der Waals surface area (Å²) < 4.78 is 16.8. The number of hydrogen-bond acceptors (Lipinski definition) is 6. The van der Waals surface area contributed by atoms with Crippen LogP contribution in [0.3, 0.4) is 0 Å². The van der Waals surface area contributed by atoms with Gasteiger partial charge in [-0.05, 0) is 42.4 Å². The quantitative estimate of drug-likeness (QED) is 0.413. The number of likely N-dealkylation sites (N-methyl/N-ethyl adjacent to an activating group) is 1. The Balaban J connectivity index is 1.58. The van der Waals surface area contributed by atoms with Crippen LogP contribution in [0.5, 0.6) is 11.5 Å². The average Bonchev–Trinajstić information content (AvgIpc) is 3.34. The van der Waals surface area contributed by atoms with Crippen LogP contribution in [0.1, 0.15) is 23.3 Å². The number of ether oxygens (including phenoxy) is 2. The van der Waals surface area contributed by atoms with E-state index >= 15 is 0 Å². The Kier molecular flexibility index (Phi) is 8.92. The van der Waals surface area contributed by atoms with E-state index < -0.39 is 0 Å². The molecule has 0 spiro atoms. The second-order valence-electron chi connectivity index (χ2n) is 7.73. The monoisotopic (exact) mass is 447 g/mol. The molecule has 3 rings (SSSR count). The van der Waals surface area contributed by atoms with Crippen molar-refractivity contribution >= 4 is 5.91 Å². The minimum absolute atomic E-state index is 0.0565. The van der Waals surface area contributed by atoms with Crippen LogP contribution in [-0.2, 0) is 24.5 Å². The first-order valence-electron chi connectivity index (χ1n) is 10.8. The van der Waals surface area contributed by atoms with E-state index in [9.17, 15) is 4.79 Å². The zero-order chi connectivity index (χ0) is 23.5. The van der Waals surface area contributed by atoms with Crippen molar-refractivity contribution in [1.29, 1.82) is 5.26 Å². The summed E-state index contributed by atoms with van der Waals surface area (Å²) in [6.07, 6.45) is 1.85. The molecule has 3 aromatic rings. The third kappa shape index (κ3) is 7.41. The lowest BCUT2D eigenvalue weighted by atomic mass is 10.2. The van der Waals surface area contributed by atoms with Crippen molar-refractivity contribution < 1.29 is 18.7 Å². The van der Waals surface area contributed by atoms with Crippen molar-refractivity contribution in [3.63, 3.8) is 0 Å². The van der Waals surface area contributed by atoms with E-state index in [1.807, 2.05) is 66.5 Å². The number of methoxy groups -OCH3 is 1. The molecule has 0 aliphatic heterocycles. The van der Waals surface area contributed by atoms with Gasteiger partial charge >= 0.3 is 0 Å². The molecule has 33 heavy (non-hydrogen) atoms. The number of carbonyl (C=O) groups excluding carboxylic acids is 1. The molecule has 0 radical (unpaired) electrons. The van der Waals surface area contributed by atoms with Crippen LogP contribution in [0.4, 0.5) is 0 Å². The number of carbonyl (C=O) groups is 1. The Bertz CT molecular complexity index is 1050. The van der Waals surface area contributed by atoms with Crippen molar-refractivity contribution in [3.05, 3.63) is 83.8 Å². The highest BCUT2D eigenvalue weighted by atomic mass is 16.5. The predicted molar refractivity (Wildman–Crippen MR) is 124 cm³/mol. The van der Waals surface area contributed by atoms with Crippen LogP contribution in [-0.4, -0.2) is 43.0 Å². The fraction of sp³-hybridized carbons (Fsp3) is 0.308. The maximum Gasteiger partial charge on any atom is 0.237 e. The summed E-state index contributed by atoms with van der Waals surface area (Å²) in [5, 5.41) is 8.93. The van der Waals surface area contributed by atoms with E-state index in [4.69, 9.17) is 19.2 Å². The third-order valence-electron chi connectivity index (χ3n) is 5.10. The summed E-state index contributed by atoms with van der Waals surface area (Å²) in [6.45, 7) is 1.96. The molecule has 0 aliphatic rings. The Morgan fingerprint density at radius 2 is 1.85 bits per heavy atom.